The van der Waals surface area contributed by atoms with Crippen molar-refractivity contribution in [3.8, 4) is 17.1 Å². The lowest BCUT2D eigenvalue weighted by Crippen LogP contribution is -2.22. The van der Waals surface area contributed by atoms with Gasteiger partial charge in [0, 0.05) is 18.7 Å². The van der Waals surface area contributed by atoms with E-state index in [0.29, 0.717) is 16.8 Å². The van der Waals surface area contributed by atoms with Gasteiger partial charge in [-0.3, -0.25) is 4.57 Å². The summed E-state index contributed by atoms with van der Waals surface area (Å²) in [5, 5.41) is 18.8. The van der Waals surface area contributed by atoms with Crippen molar-refractivity contribution in [3.05, 3.63) is 65.0 Å². The molecule has 7 nitrogen and oxygen atoms in total. The van der Waals surface area contributed by atoms with Gasteiger partial charge in [-0.15, -0.1) is 20.4 Å². The number of halogens is 1. The normalized spacial score (nSPS) is 14.8. The molecule has 0 spiro atoms. The summed E-state index contributed by atoms with van der Waals surface area (Å²) >= 11 is 8.08. The van der Waals surface area contributed by atoms with Crippen LogP contribution in [0.5, 0.6) is 0 Å². The highest BCUT2D eigenvalue weighted by Gasteiger charge is 2.26. The molecule has 0 N–H and O–H groups in total. The fourth-order valence-corrected chi connectivity index (χ4v) is 4.83. The molecular formula is C23H23ClN6OS. The summed E-state index contributed by atoms with van der Waals surface area (Å²) < 4.78 is 8.02. The highest BCUT2D eigenvalue weighted by atomic mass is 35.5. The summed E-state index contributed by atoms with van der Waals surface area (Å²) in [5.41, 5.74) is 2.95. The van der Waals surface area contributed by atoms with Crippen molar-refractivity contribution in [1.29, 1.82) is 0 Å². The number of aryl methyl sites for hydroxylation is 1. The van der Waals surface area contributed by atoms with Crippen LogP contribution in [0.15, 0.2) is 58.1 Å². The molecule has 0 amide bonds. The minimum atomic E-state index is -0.112. The molecule has 0 bridgehead atoms. The second-order valence-corrected chi connectivity index (χ2v) is 9.55. The molecule has 1 aliphatic rings. The van der Waals surface area contributed by atoms with Crippen molar-refractivity contribution in [2.45, 2.75) is 37.1 Å². The first-order valence-corrected chi connectivity index (χ1v) is 11.9. The number of hydrogen-bond donors (Lipinski definition) is 0. The van der Waals surface area contributed by atoms with E-state index in [1.165, 1.54) is 17.3 Å². The Morgan fingerprint density at radius 2 is 1.72 bits per heavy atom. The number of anilines is 1. The summed E-state index contributed by atoms with van der Waals surface area (Å²) in [6.45, 7) is 6.00. The van der Waals surface area contributed by atoms with E-state index >= 15 is 0 Å². The molecule has 0 radical (unpaired) electrons. The Balaban J connectivity index is 1.45. The Morgan fingerprint density at radius 3 is 2.47 bits per heavy atom. The molecule has 1 aliphatic heterocycles. The zero-order chi connectivity index (χ0) is 22.1. The van der Waals surface area contributed by atoms with E-state index < -0.39 is 0 Å². The largest absolute Gasteiger partial charge is 0.419 e. The molecule has 3 heterocycles. The average Bonchev–Trinajstić information content (AvgIpc) is 3.55. The lowest BCUT2D eigenvalue weighted by Gasteiger charge is -2.19. The van der Waals surface area contributed by atoms with Crippen LogP contribution >= 0.6 is 23.4 Å². The predicted molar refractivity (Wildman–Crippen MR) is 127 cm³/mol. The minimum absolute atomic E-state index is 0.112. The Hall–Kier alpha value is -2.84. The Kier molecular flexibility index (Phi) is 5.89. The predicted octanol–water partition coefficient (Wildman–Crippen LogP) is 5.73. The molecule has 0 saturated carbocycles. The van der Waals surface area contributed by atoms with Crippen LogP contribution in [0.2, 0.25) is 5.02 Å². The van der Waals surface area contributed by atoms with Gasteiger partial charge in [0.2, 0.25) is 17.7 Å². The van der Waals surface area contributed by atoms with Crippen LogP contribution in [0.1, 0.15) is 36.5 Å². The molecule has 4 aromatic rings. The number of nitrogens with zero attached hydrogens (tertiary/aromatic N) is 6. The van der Waals surface area contributed by atoms with Crippen molar-refractivity contribution in [1.82, 2.24) is 25.0 Å². The molecule has 164 valence electrons. The maximum Gasteiger partial charge on any atom is 0.247 e. The minimum Gasteiger partial charge on any atom is -0.419 e. The zero-order valence-corrected chi connectivity index (χ0v) is 19.5. The van der Waals surface area contributed by atoms with Gasteiger partial charge >= 0.3 is 0 Å². The van der Waals surface area contributed by atoms with Crippen molar-refractivity contribution in [2.24, 2.45) is 0 Å². The van der Waals surface area contributed by atoms with E-state index in [-0.39, 0.29) is 5.25 Å². The van der Waals surface area contributed by atoms with Crippen molar-refractivity contribution in [2.75, 3.05) is 18.0 Å². The molecule has 5 rings (SSSR count). The Bertz CT molecular complexity index is 1220. The number of thioether (sulfide) groups is 1. The third kappa shape index (κ3) is 4.12. The lowest BCUT2D eigenvalue weighted by molar-refractivity contribution is 0.509. The first-order valence-electron chi connectivity index (χ1n) is 10.6. The summed E-state index contributed by atoms with van der Waals surface area (Å²) in [6.07, 6.45) is 2.30. The van der Waals surface area contributed by atoms with Crippen LogP contribution in [0.4, 0.5) is 5.95 Å². The maximum absolute atomic E-state index is 6.56. The number of hydrogen-bond acceptors (Lipinski definition) is 7. The van der Waals surface area contributed by atoms with Gasteiger partial charge < -0.3 is 9.32 Å². The third-order valence-electron chi connectivity index (χ3n) is 5.47. The van der Waals surface area contributed by atoms with Crippen molar-refractivity contribution < 1.29 is 4.42 Å². The van der Waals surface area contributed by atoms with Gasteiger partial charge in [-0.1, -0.05) is 53.2 Å². The Morgan fingerprint density at radius 1 is 0.969 bits per heavy atom. The second-order valence-electron chi connectivity index (χ2n) is 7.84. The van der Waals surface area contributed by atoms with Crippen LogP contribution in [-0.2, 0) is 0 Å². The maximum atomic E-state index is 6.56. The quantitative estimate of drug-likeness (QED) is 0.336. The number of rotatable bonds is 6. The second kappa shape index (κ2) is 8.96. The van der Waals surface area contributed by atoms with Crippen LogP contribution in [-0.4, -0.2) is 38.1 Å². The molecule has 1 fully saturated rings. The molecule has 2 aromatic heterocycles. The highest BCUT2D eigenvalue weighted by Crippen LogP contribution is 2.38. The van der Waals surface area contributed by atoms with Gasteiger partial charge in [0.05, 0.1) is 16.0 Å². The standard InChI is InChI=1S/C23H23ClN6OS/c1-15-9-11-17(12-10-15)21-26-25-20(31-21)16(2)32-23-28-27-22(29-13-5-6-14-29)30(23)19-8-4-3-7-18(19)24/h3-4,7-12,16H,5-6,13-14H2,1-2H3. The van der Waals surface area contributed by atoms with Crippen LogP contribution in [0, 0.1) is 6.92 Å². The fourth-order valence-electron chi connectivity index (χ4n) is 3.72. The summed E-state index contributed by atoms with van der Waals surface area (Å²) in [5.74, 6) is 1.87. The van der Waals surface area contributed by atoms with Crippen molar-refractivity contribution >= 4 is 29.3 Å². The first kappa shape index (κ1) is 21.0. The molecule has 1 atom stereocenters. The van der Waals surface area contributed by atoms with E-state index in [4.69, 9.17) is 16.0 Å². The Labute approximate surface area is 195 Å². The van der Waals surface area contributed by atoms with Gasteiger partial charge in [-0.25, -0.2) is 0 Å². The highest BCUT2D eigenvalue weighted by molar-refractivity contribution is 7.99. The van der Waals surface area contributed by atoms with Gasteiger partial charge in [-0.2, -0.15) is 0 Å². The van der Waals surface area contributed by atoms with Gasteiger partial charge in [0.25, 0.3) is 0 Å². The molecular weight excluding hydrogens is 444 g/mol. The summed E-state index contributed by atoms with van der Waals surface area (Å²) in [4.78, 5) is 2.26. The fraction of sp³-hybridized carbons (Fsp3) is 0.304. The average molecular weight is 467 g/mol. The SMILES string of the molecule is Cc1ccc(-c2nnc(C(C)Sc3nnc(N4CCCC4)n3-c3ccccc3Cl)o2)cc1. The molecule has 9 heteroatoms. The van der Waals surface area contributed by atoms with Gasteiger partial charge in [-0.05, 0) is 51.0 Å². The zero-order valence-electron chi connectivity index (χ0n) is 17.9. The van der Waals surface area contributed by atoms with Crippen LogP contribution in [0.25, 0.3) is 17.1 Å². The molecule has 32 heavy (non-hydrogen) atoms. The molecule has 0 aliphatic carbocycles. The van der Waals surface area contributed by atoms with E-state index in [1.54, 1.807) is 0 Å². The lowest BCUT2D eigenvalue weighted by atomic mass is 10.1. The monoisotopic (exact) mass is 466 g/mol. The van der Waals surface area contributed by atoms with Crippen LogP contribution < -0.4 is 4.90 Å². The molecule has 1 unspecified atom stereocenters. The number of benzene rings is 2. The van der Waals surface area contributed by atoms with Crippen LogP contribution in [0.3, 0.4) is 0 Å². The molecule has 2 aromatic carbocycles. The van der Waals surface area contributed by atoms with Gasteiger partial charge in [0.15, 0.2) is 5.16 Å². The summed E-state index contributed by atoms with van der Waals surface area (Å²) in [6, 6.07) is 15.8. The summed E-state index contributed by atoms with van der Waals surface area (Å²) in [7, 11) is 0. The smallest absolute Gasteiger partial charge is 0.247 e. The van der Waals surface area contributed by atoms with Gasteiger partial charge in [0.1, 0.15) is 0 Å². The van der Waals surface area contributed by atoms with E-state index in [2.05, 4.69) is 25.3 Å². The van der Waals surface area contributed by atoms with E-state index in [0.717, 1.165) is 48.3 Å². The van der Waals surface area contributed by atoms with E-state index in [1.807, 2.05) is 66.9 Å². The van der Waals surface area contributed by atoms with Crippen molar-refractivity contribution in [3.63, 3.8) is 0 Å². The third-order valence-corrected chi connectivity index (χ3v) is 6.82. The molecule has 1 saturated heterocycles. The van der Waals surface area contributed by atoms with E-state index in [9.17, 15) is 0 Å². The topological polar surface area (TPSA) is 72.9 Å². The number of aromatic nitrogens is 5. The number of para-hydroxylation sites is 1. The first-order chi connectivity index (χ1) is 15.6.